The van der Waals surface area contributed by atoms with Crippen molar-refractivity contribution in [3.05, 3.63) is 40.2 Å². The molecule has 0 aliphatic carbocycles. The van der Waals surface area contributed by atoms with Gasteiger partial charge in [0.05, 0.1) is 7.11 Å². The first-order valence-corrected chi connectivity index (χ1v) is 5.43. The van der Waals surface area contributed by atoms with E-state index < -0.39 is 11.6 Å². The van der Waals surface area contributed by atoms with Crippen LogP contribution in [0.2, 0.25) is 0 Å². The topological polar surface area (TPSA) is 76.7 Å². The van der Waals surface area contributed by atoms with Crippen molar-refractivity contribution in [2.45, 2.75) is 12.8 Å². The van der Waals surface area contributed by atoms with Gasteiger partial charge in [-0.1, -0.05) is 12.1 Å². The van der Waals surface area contributed by atoms with Gasteiger partial charge in [-0.25, -0.2) is 4.79 Å². The highest BCUT2D eigenvalue weighted by atomic mass is 16.5. The first-order chi connectivity index (χ1) is 8.61. The van der Waals surface area contributed by atoms with Gasteiger partial charge in [-0.3, -0.25) is 4.79 Å². The number of hydrogen-bond donors (Lipinski definition) is 1. The van der Waals surface area contributed by atoms with Crippen LogP contribution in [0.3, 0.4) is 0 Å². The number of rotatable bonds is 4. The number of methoxy groups -OCH3 is 1. The highest BCUT2D eigenvalue weighted by Crippen LogP contribution is 2.26. The molecule has 5 heteroatoms. The van der Waals surface area contributed by atoms with Crippen molar-refractivity contribution in [1.82, 2.24) is 0 Å². The van der Waals surface area contributed by atoms with Gasteiger partial charge in [-0.2, -0.15) is 0 Å². The summed E-state index contributed by atoms with van der Waals surface area (Å²) in [6.07, 6.45) is 0.250. The minimum absolute atomic E-state index is 0.0320. The molecule has 0 aliphatic rings. The lowest BCUT2D eigenvalue weighted by molar-refractivity contribution is -0.136. The lowest BCUT2D eigenvalue weighted by Gasteiger charge is -2.07. The van der Waals surface area contributed by atoms with Gasteiger partial charge in [0.25, 0.3) is 0 Å². The Morgan fingerprint density at radius 2 is 2.22 bits per heavy atom. The zero-order valence-electron chi connectivity index (χ0n) is 9.80. The van der Waals surface area contributed by atoms with Crippen molar-refractivity contribution < 1.29 is 19.1 Å². The number of benzene rings is 1. The SMILES string of the molecule is COc1cccc2c(CCC(=O)O)cc(=O)oc12. The minimum atomic E-state index is -0.903. The zero-order valence-corrected chi connectivity index (χ0v) is 9.80. The van der Waals surface area contributed by atoms with Crippen molar-refractivity contribution >= 4 is 16.9 Å². The second kappa shape index (κ2) is 4.91. The Hall–Kier alpha value is -2.30. The smallest absolute Gasteiger partial charge is 0.336 e. The fourth-order valence-corrected chi connectivity index (χ4v) is 1.83. The summed E-state index contributed by atoms with van der Waals surface area (Å²) in [4.78, 5) is 22.0. The van der Waals surface area contributed by atoms with Crippen molar-refractivity contribution in [3.8, 4) is 5.75 Å². The molecule has 0 fully saturated rings. The van der Waals surface area contributed by atoms with Crippen molar-refractivity contribution in [2.24, 2.45) is 0 Å². The summed E-state index contributed by atoms with van der Waals surface area (Å²) in [5.74, 6) is -0.443. The van der Waals surface area contributed by atoms with E-state index in [1.807, 2.05) is 0 Å². The Bertz CT molecular complexity index is 641. The van der Waals surface area contributed by atoms with Crippen LogP contribution in [0.1, 0.15) is 12.0 Å². The average Bonchev–Trinajstić information content (AvgIpc) is 2.35. The first-order valence-electron chi connectivity index (χ1n) is 5.43. The maximum atomic E-state index is 11.4. The zero-order chi connectivity index (χ0) is 13.1. The van der Waals surface area contributed by atoms with Gasteiger partial charge in [0.1, 0.15) is 0 Å². The van der Waals surface area contributed by atoms with Crippen LogP contribution in [0.25, 0.3) is 11.0 Å². The monoisotopic (exact) mass is 248 g/mol. The van der Waals surface area contributed by atoms with Gasteiger partial charge in [0, 0.05) is 17.9 Å². The summed E-state index contributed by atoms with van der Waals surface area (Å²) in [5, 5.41) is 9.39. The molecule has 0 radical (unpaired) electrons. The van der Waals surface area contributed by atoms with Crippen molar-refractivity contribution in [3.63, 3.8) is 0 Å². The van der Waals surface area contributed by atoms with Crippen LogP contribution in [0.5, 0.6) is 5.75 Å². The molecule has 1 N–H and O–H groups in total. The van der Waals surface area contributed by atoms with Crippen LogP contribution in [-0.2, 0) is 11.2 Å². The summed E-state index contributed by atoms with van der Waals surface area (Å²) in [7, 11) is 1.48. The van der Waals surface area contributed by atoms with Gasteiger partial charge in [0.15, 0.2) is 11.3 Å². The number of aryl methyl sites for hydroxylation is 1. The average molecular weight is 248 g/mol. The number of aliphatic carboxylic acids is 1. The van der Waals surface area contributed by atoms with E-state index in [1.165, 1.54) is 13.2 Å². The summed E-state index contributed by atoms with van der Waals surface area (Å²) in [6, 6.07) is 6.56. The van der Waals surface area contributed by atoms with E-state index >= 15 is 0 Å². The number of hydrogen-bond acceptors (Lipinski definition) is 4. The van der Waals surface area contributed by atoms with Gasteiger partial charge in [0.2, 0.25) is 0 Å². The van der Waals surface area contributed by atoms with Gasteiger partial charge in [-0.15, -0.1) is 0 Å². The quantitative estimate of drug-likeness (QED) is 0.835. The highest BCUT2D eigenvalue weighted by Gasteiger charge is 2.10. The van der Waals surface area contributed by atoms with Gasteiger partial charge < -0.3 is 14.3 Å². The molecule has 1 heterocycles. The van der Waals surface area contributed by atoms with Gasteiger partial charge >= 0.3 is 11.6 Å². The standard InChI is InChI=1S/C13H12O5/c1-17-10-4-2-3-9-8(5-6-11(14)15)7-12(16)18-13(9)10/h2-4,7H,5-6H2,1H3,(H,14,15). The molecule has 0 spiro atoms. The van der Waals surface area contributed by atoms with Crippen LogP contribution < -0.4 is 10.4 Å². The second-order valence-electron chi connectivity index (χ2n) is 3.82. The van der Waals surface area contributed by atoms with Crippen LogP contribution in [0.4, 0.5) is 0 Å². The van der Waals surface area contributed by atoms with Crippen LogP contribution in [0.15, 0.2) is 33.5 Å². The molecule has 0 unspecified atom stereocenters. The maximum absolute atomic E-state index is 11.4. The van der Waals surface area contributed by atoms with Crippen molar-refractivity contribution in [1.29, 1.82) is 0 Å². The third-order valence-corrected chi connectivity index (χ3v) is 2.65. The molecule has 94 valence electrons. The molecule has 0 saturated heterocycles. The molecule has 2 rings (SSSR count). The predicted molar refractivity (Wildman–Crippen MR) is 65.0 cm³/mol. The molecule has 5 nitrogen and oxygen atoms in total. The number of ether oxygens (including phenoxy) is 1. The predicted octanol–water partition coefficient (Wildman–Crippen LogP) is 1.82. The molecule has 2 aromatic rings. The molecule has 0 aliphatic heterocycles. The number of carbonyl (C=O) groups is 1. The van der Waals surface area contributed by atoms with E-state index in [0.29, 0.717) is 22.3 Å². The summed E-state index contributed by atoms with van der Waals surface area (Å²) in [6.45, 7) is 0. The third kappa shape index (κ3) is 2.34. The van der Waals surface area contributed by atoms with E-state index in [1.54, 1.807) is 18.2 Å². The third-order valence-electron chi connectivity index (χ3n) is 2.65. The fourth-order valence-electron chi connectivity index (χ4n) is 1.83. The van der Waals surface area contributed by atoms with E-state index in [0.717, 1.165) is 0 Å². The number of carboxylic acids is 1. The first kappa shape index (κ1) is 12.2. The summed E-state index contributed by atoms with van der Waals surface area (Å²) in [5.41, 5.74) is 0.503. The van der Waals surface area contributed by atoms with E-state index in [4.69, 9.17) is 14.3 Å². The summed E-state index contributed by atoms with van der Waals surface area (Å²) < 4.78 is 10.2. The minimum Gasteiger partial charge on any atom is -0.493 e. The lowest BCUT2D eigenvalue weighted by Crippen LogP contribution is -2.04. The normalized spacial score (nSPS) is 10.5. The Labute approximate surface area is 103 Å². The Morgan fingerprint density at radius 1 is 1.44 bits per heavy atom. The Balaban J connectivity index is 2.59. The molecule has 0 bridgehead atoms. The maximum Gasteiger partial charge on any atom is 0.336 e. The molecule has 0 saturated carbocycles. The van der Waals surface area contributed by atoms with E-state index in [9.17, 15) is 9.59 Å². The van der Waals surface area contributed by atoms with Crippen LogP contribution in [-0.4, -0.2) is 18.2 Å². The van der Waals surface area contributed by atoms with Gasteiger partial charge in [-0.05, 0) is 18.1 Å². The molecule has 1 aromatic carbocycles. The largest absolute Gasteiger partial charge is 0.493 e. The highest BCUT2D eigenvalue weighted by molar-refractivity contribution is 5.85. The fraction of sp³-hybridized carbons (Fsp3) is 0.231. The number of fused-ring (bicyclic) bond motifs is 1. The molecule has 1 aromatic heterocycles. The summed E-state index contributed by atoms with van der Waals surface area (Å²) >= 11 is 0. The Morgan fingerprint density at radius 3 is 2.89 bits per heavy atom. The molecule has 0 amide bonds. The number of para-hydroxylation sites is 1. The molecular formula is C13H12O5. The molecular weight excluding hydrogens is 236 g/mol. The lowest BCUT2D eigenvalue weighted by atomic mass is 10.1. The number of carboxylic acid groups (broad SMARTS) is 1. The molecule has 0 atom stereocenters. The van der Waals surface area contributed by atoms with E-state index in [-0.39, 0.29) is 12.8 Å². The second-order valence-corrected chi connectivity index (χ2v) is 3.82. The van der Waals surface area contributed by atoms with Crippen LogP contribution in [0, 0.1) is 0 Å². The van der Waals surface area contributed by atoms with E-state index in [2.05, 4.69) is 0 Å². The van der Waals surface area contributed by atoms with Crippen LogP contribution >= 0.6 is 0 Å². The molecule has 18 heavy (non-hydrogen) atoms. The Kier molecular flexibility index (Phi) is 3.32. The van der Waals surface area contributed by atoms with Crippen molar-refractivity contribution in [2.75, 3.05) is 7.11 Å².